The lowest BCUT2D eigenvalue weighted by molar-refractivity contribution is -0.174. The smallest absolute Gasteiger partial charge is 0.338 e. The molecule has 28 heavy (non-hydrogen) atoms. The van der Waals surface area contributed by atoms with Crippen molar-refractivity contribution in [2.45, 2.75) is 24.6 Å². The second kappa shape index (κ2) is 6.47. The summed E-state index contributed by atoms with van der Waals surface area (Å²) in [4.78, 5) is 38.4. The quantitative estimate of drug-likeness (QED) is 0.860. The third kappa shape index (κ3) is 2.94. The molecule has 144 valence electrons. The fraction of sp³-hybridized carbons (Fsp3) is 0.250. The number of ketones is 1. The molecule has 0 unspecified atom stereocenters. The molecule has 1 aliphatic carbocycles. The molecule has 8 heteroatoms. The predicted molar refractivity (Wildman–Crippen MR) is 94.2 cm³/mol. The number of nitrogens with zero attached hydrogens (tertiary/aromatic N) is 1. The number of alkyl halides is 3. The van der Waals surface area contributed by atoms with Crippen LogP contribution in [0.3, 0.4) is 0 Å². The van der Waals surface area contributed by atoms with Gasteiger partial charge in [0.2, 0.25) is 0 Å². The van der Waals surface area contributed by atoms with Crippen LogP contribution in [0.5, 0.6) is 0 Å². The van der Waals surface area contributed by atoms with E-state index >= 15 is 0 Å². The molecule has 1 N–H and O–H groups in total. The summed E-state index contributed by atoms with van der Waals surface area (Å²) in [6.45, 7) is 0.242. The Kier molecular flexibility index (Phi) is 4.21. The molecule has 0 saturated heterocycles. The number of hydrogen-bond donors (Lipinski definition) is 1. The van der Waals surface area contributed by atoms with Crippen LogP contribution in [0.2, 0.25) is 0 Å². The highest BCUT2D eigenvalue weighted by molar-refractivity contribution is 6.11. The summed E-state index contributed by atoms with van der Waals surface area (Å²) >= 11 is 0. The minimum atomic E-state index is -5.06. The van der Waals surface area contributed by atoms with Crippen molar-refractivity contribution in [2.75, 3.05) is 11.4 Å². The van der Waals surface area contributed by atoms with Gasteiger partial charge in [-0.1, -0.05) is 30.3 Å². The fourth-order valence-electron chi connectivity index (χ4n) is 3.91. The highest BCUT2D eigenvalue weighted by Crippen LogP contribution is 2.45. The van der Waals surface area contributed by atoms with Crippen LogP contribution >= 0.6 is 0 Å². The zero-order chi connectivity index (χ0) is 20.1. The molecule has 0 spiro atoms. The number of nitrogens with one attached hydrogen (secondary N) is 1. The predicted octanol–water partition coefficient (Wildman–Crippen LogP) is 3.06. The maximum atomic E-state index is 12.9. The summed E-state index contributed by atoms with van der Waals surface area (Å²) in [5, 5.41) is 1.80. The second-order valence-electron chi connectivity index (χ2n) is 6.84. The van der Waals surface area contributed by atoms with Gasteiger partial charge in [0.1, 0.15) is 0 Å². The van der Waals surface area contributed by atoms with Crippen LogP contribution in [0, 0.1) is 0 Å². The molecule has 2 aliphatic rings. The topological polar surface area (TPSA) is 66.5 Å². The van der Waals surface area contributed by atoms with E-state index in [4.69, 9.17) is 0 Å². The van der Waals surface area contributed by atoms with E-state index in [0.29, 0.717) is 16.8 Å². The number of carbonyl (C=O) groups is 3. The van der Waals surface area contributed by atoms with E-state index in [1.54, 1.807) is 52.7 Å². The first-order valence-electron chi connectivity index (χ1n) is 8.69. The SMILES string of the molecule is O=C1c2cccc3c2[C@H](C[C@H]1NC(=O)C(F)(F)F)CN3C(=O)c1ccccc1. The molecule has 0 bridgehead atoms. The van der Waals surface area contributed by atoms with Crippen molar-refractivity contribution in [3.63, 3.8) is 0 Å². The number of benzene rings is 2. The Labute approximate surface area is 158 Å². The molecule has 4 rings (SSSR count). The first-order valence-corrected chi connectivity index (χ1v) is 8.69. The summed E-state index contributed by atoms with van der Waals surface area (Å²) in [5.41, 5.74) is 1.98. The number of carbonyl (C=O) groups excluding carboxylic acids is 3. The van der Waals surface area contributed by atoms with Crippen LogP contribution in [0.25, 0.3) is 0 Å². The molecular formula is C20H15F3N2O3. The van der Waals surface area contributed by atoms with E-state index in [9.17, 15) is 27.6 Å². The van der Waals surface area contributed by atoms with E-state index in [2.05, 4.69) is 0 Å². The molecule has 1 aliphatic heterocycles. The molecule has 2 aromatic carbocycles. The molecule has 1 heterocycles. The Morgan fingerprint density at radius 1 is 1.04 bits per heavy atom. The number of hydrogen-bond acceptors (Lipinski definition) is 3. The third-order valence-electron chi connectivity index (χ3n) is 5.12. The van der Waals surface area contributed by atoms with Crippen molar-refractivity contribution in [1.82, 2.24) is 5.32 Å². The largest absolute Gasteiger partial charge is 0.471 e. The highest BCUT2D eigenvalue weighted by atomic mass is 19.4. The number of halogens is 3. The van der Waals surface area contributed by atoms with Gasteiger partial charge in [-0.15, -0.1) is 0 Å². The van der Waals surface area contributed by atoms with E-state index in [0.717, 1.165) is 0 Å². The number of amides is 2. The molecular weight excluding hydrogens is 373 g/mol. The fourth-order valence-corrected chi connectivity index (χ4v) is 3.91. The standard InChI is InChI=1S/C20H15F3N2O3/c21-20(22,23)19(28)24-14-9-12-10-25(18(27)11-5-2-1-3-6-11)15-8-4-7-13(16(12)15)17(14)26/h1-8,12,14H,9-10H2,(H,24,28)/t12-,14-/m1/s1. The molecule has 5 nitrogen and oxygen atoms in total. The summed E-state index contributed by atoms with van der Waals surface area (Å²) in [5.74, 6) is -3.28. The van der Waals surface area contributed by atoms with Crippen LogP contribution in [0.4, 0.5) is 18.9 Å². The summed E-state index contributed by atoms with van der Waals surface area (Å²) in [7, 11) is 0. The maximum absolute atomic E-state index is 12.9. The lowest BCUT2D eigenvalue weighted by atomic mass is 9.80. The Morgan fingerprint density at radius 3 is 2.43 bits per heavy atom. The van der Waals surface area contributed by atoms with E-state index in [1.165, 1.54) is 6.07 Å². The number of Topliss-reactive ketones (excluding diaryl/α,β-unsaturated/α-hetero) is 1. The van der Waals surface area contributed by atoms with Crippen molar-refractivity contribution >= 4 is 23.3 Å². The number of rotatable bonds is 2. The van der Waals surface area contributed by atoms with Gasteiger partial charge in [0.25, 0.3) is 5.91 Å². The normalized spacial score (nSPS) is 20.7. The van der Waals surface area contributed by atoms with E-state index in [-0.39, 0.29) is 30.4 Å². The molecule has 0 fully saturated rings. The average Bonchev–Trinajstić information content (AvgIpc) is 3.04. The molecule has 0 radical (unpaired) electrons. The van der Waals surface area contributed by atoms with E-state index in [1.807, 2.05) is 0 Å². The first kappa shape index (κ1) is 18.2. The van der Waals surface area contributed by atoms with Gasteiger partial charge in [-0.3, -0.25) is 14.4 Å². The third-order valence-corrected chi connectivity index (χ3v) is 5.12. The summed E-state index contributed by atoms with van der Waals surface area (Å²) < 4.78 is 37.8. The Morgan fingerprint density at radius 2 is 1.75 bits per heavy atom. The Balaban J connectivity index is 1.66. The van der Waals surface area contributed by atoms with Gasteiger partial charge in [-0.25, -0.2) is 0 Å². The van der Waals surface area contributed by atoms with E-state index < -0.39 is 23.9 Å². The second-order valence-corrected chi connectivity index (χ2v) is 6.84. The van der Waals surface area contributed by atoms with Gasteiger partial charge in [-0.2, -0.15) is 13.2 Å². The zero-order valence-corrected chi connectivity index (χ0v) is 14.5. The van der Waals surface area contributed by atoms with Crippen LogP contribution in [-0.4, -0.2) is 36.4 Å². The average molecular weight is 388 g/mol. The van der Waals surface area contributed by atoms with Crippen molar-refractivity contribution < 1.29 is 27.6 Å². The Hall–Kier alpha value is -3.16. The zero-order valence-electron chi connectivity index (χ0n) is 14.5. The van der Waals surface area contributed by atoms with Crippen molar-refractivity contribution in [3.05, 3.63) is 65.2 Å². The molecule has 2 aromatic rings. The van der Waals surface area contributed by atoms with Crippen molar-refractivity contribution in [3.8, 4) is 0 Å². The molecule has 2 amide bonds. The van der Waals surface area contributed by atoms with Crippen molar-refractivity contribution in [2.24, 2.45) is 0 Å². The monoisotopic (exact) mass is 388 g/mol. The van der Waals surface area contributed by atoms with Gasteiger partial charge >= 0.3 is 12.1 Å². The van der Waals surface area contributed by atoms with Crippen LogP contribution < -0.4 is 10.2 Å². The van der Waals surface area contributed by atoms with Gasteiger partial charge < -0.3 is 10.2 Å². The summed E-state index contributed by atoms with van der Waals surface area (Å²) in [6, 6.07) is 12.2. The lowest BCUT2D eigenvalue weighted by Gasteiger charge is -2.27. The minimum absolute atomic E-state index is 0.0171. The maximum Gasteiger partial charge on any atom is 0.471 e. The van der Waals surface area contributed by atoms with Gasteiger partial charge in [-0.05, 0) is 30.2 Å². The van der Waals surface area contributed by atoms with Crippen LogP contribution in [0.15, 0.2) is 48.5 Å². The Bertz CT molecular complexity index is 972. The van der Waals surface area contributed by atoms with Crippen molar-refractivity contribution in [1.29, 1.82) is 0 Å². The first-order chi connectivity index (χ1) is 13.3. The minimum Gasteiger partial charge on any atom is -0.338 e. The summed E-state index contributed by atoms with van der Waals surface area (Å²) in [6.07, 6.45) is -5.05. The van der Waals surface area contributed by atoms with Gasteiger partial charge in [0.15, 0.2) is 5.78 Å². The number of anilines is 1. The highest BCUT2D eigenvalue weighted by Gasteiger charge is 2.46. The van der Waals surface area contributed by atoms with Crippen LogP contribution in [-0.2, 0) is 4.79 Å². The molecule has 0 saturated carbocycles. The lowest BCUT2D eigenvalue weighted by Crippen LogP contribution is -2.49. The molecule has 2 atom stereocenters. The van der Waals surface area contributed by atoms with Gasteiger partial charge in [0, 0.05) is 29.3 Å². The van der Waals surface area contributed by atoms with Gasteiger partial charge in [0.05, 0.1) is 6.04 Å². The van der Waals surface area contributed by atoms with Crippen LogP contribution in [0.1, 0.15) is 38.6 Å². The molecule has 0 aromatic heterocycles.